The standard InChI is InChI=1S/C12H8N5O7S2.Y/c18-11-7(15-17-12-13-5-14-16-12)4-9(26(22,23)24)6-2-1-3-8(10(6)11)25(19,20)21;/h1-4,15,18H,(H,19,20,21)(H,22,23,24);/q-1;. The minimum Gasteiger partial charge on any atom is -0.505 e. The van der Waals surface area contributed by atoms with E-state index >= 15 is 0 Å². The van der Waals surface area contributed by atoms with E-state index in [-0.39, 0.29) is 44.1 Å². The number of hydrazone groups is 1. The van der Waals surface area contributed by atoms with Crippen molar-refractivity contribution in [1.29, 1.82) is 0 Å². The zero-order valence-corrected chi connectivity index (χ0v) is 17.4. The van der Waals surface area contributed by atoms with Crippen LogP contribution in [0.5, 0.6) is 5.75 Å². The molecule has 2 aromatic rings. The summed E-state index contributed by atoms with van der Waals surface area (Å²) >= 11 is 0. The van der Waals surface area contributed by atoms with Crippen LogP contribution >= 0.6 is 0 Å². The summed E-state index contributed by atoms with van der Waals surface area (Å²) in [4.78, 5) is 2.01. The third-order valence-electron chi connectivity index (χ3n) is 3.23. The summed E-state index contributed by atoms with van der Waals surface area (Å²) in [7, 11) is -9.65. The van der Waals surface area contributed by atoms with E-state index in [1.165, 1.54) is 0 Å². The summed E-state index contributed by atoms with van der Waals surface area (Å²) in [5.74, 6) is -0.950. The van der Waals surface area contributed by atoms with Crippen molar-refractivity contribution in [3.63, 3.8) is 0 Å². The van der Waals surface area contributed by atoms with Gasteiger partial charge < -0.3 is 10.1 Å². The molecule has 1 aliphatic heterocycles. The van der Waals surface area contributed by atoms with Crippen LogP contribution in [0.15, 0.2) is 54.4 Å². The molecule has 15 heteroatoms. The molecular weight excluding hydrogens is 479 g/mol. The van der Waals surface area contributed by atoms with Crippen molar-refractivity contribution in [2.24, 2.45) is 20.3 Å². The van der Waals surface area contributed by atoms with Crippen LogP contribution in [0.1, 0.15) is 0 Å². The molecule has 0 aromatic heterocycles. The van der Waals surface area contributed by atoms with Crippen LogP contribution in [-0.2, 0) is 52.9 Å². The largest absolute Gasteiger partial charge is 0.505 e. The van der Waals surface area contributed by atoms with Crippen molar-refractivity contribution >= 4 is 49.0 Å². The Bertz CT molecular complexity index is 1210. The molecule has 0 saturated carbocycles. The van der Waals surface area contributed by atoms with Gasteiger partial charge in [0.05, 0.1) is 5.69 Å². The van der Waals surface area contributed by atoms with Gasteiger partial charge in [0, 0.05) is 43.5 Å². The minimum absolute atomic E-state index is 0. The third kappa shape index (κ3) is 4.36. The summed E-state index contributed by atoms with van der Waals surface area (Å²) in [6.45, 7) is 0. The fraction of sp³-hybridized carbons (Fsp3) is 0. The second-order valence-corrected chi connectivity index (χ2v) is 7.62. The van der Waals surface area contributed by atoms with E-state index in [0.717, 1.165) is 24.3 Å². The smallest absolute Gasteiger partial charge is 0.295 e. The normalized spacial score (nSPS) is 15.3. The van der Waals surface area contributed by atoms with Gasteiger partial charge in [-0.1, -0.05) is 12.1 Å². The van der Waals surface area contributed by atoms with Crippen molar-refractivity contribution in [2.75, 3.05) is 5.43 Å². The number of fused-ring (bicyclic) bond motifs is 1. The number of benzene rings is 2. The van der Waals surface area contributed by atoms with E-state index < -0.39 is 46.9 Å². The number of nitrogens with zero attached hydrogens (tertiary/aromatic N) is 4. The Morgan fingerprint density at radius 1 is 1.07 bits per heavy atom. The van der Waals surface area contributed by atoms with Crippen LogP contribution < -0.4 is 5.43 Å². The van der Waals surface area contributed by atoms with E-state index in [4.69, 9.17) is 0 Å². The van der Waals surface area contributed by atoms with Gasteiger partial charge in [-0.05, 0) is 18.5 Å². The predicted molar refractivity (Wildman–Crippen MR) is 88.6 cm³/mol. The Kier molecular flexibility index (Phi) is 6.08. The topological polar surface area (TPSA) is 190 Å². The number of phenolic OH excluding ortho intramolecular Hbond substituents is 1. The van der Waals surface area contributed by atoms with Gasteiger partial charge in [0.15, 0.2) is 0 Å². The molecule has 0 amide bonds. The molecule has 1 radical (unpaired) electrons. The maximum Gasteiger partial charge on any atom is 0.295 e. The Morgan fingerprint density at radius 3 is 2.30 bits per heavy atom. The fourth-order valence-electron chi connectivity index (χ4n) is 2.22. The Morgan fingerprint density at radius 2 is 1.74 bits per heavy atom. The number of aliphatic imine (C=N–C) groups is 1. The molecule has 0 spiro atoms. The van der Waals surface area contributed by atoms with E-state index in [1.807, 2.05) is 0 Å². The predicted octanol–water partition coefficient (Wildman–Crippen LogP) is 1.09. The molecule has 0 bridgehead atoms. The van der Waals surface area contributed by atoms with E-state index in [1.54, 1.807) is 0 Å². The molecule has 0 aliphatic carbocycles. The number of hydrogen-bond acceptors (Lipinski definition) is 8. The number of rotatable bonds is 4. The molecule has 0 saturated heterocycles. The maximum absolute atomic E-state index is 11.7. The van der Waals surface area contributed by atoms with E-state index in [0.29, 0.717) is 0 Å². The molecule has 2 aromatic carbocycles. The number of anilines is 1. The van der Waals surface area contributed by atoms with Crippen LogP contribution in [0, 0.1) is 0 Å². The molecule has 3 rings (SSSR count). The molecule has 139 valence electrons. The van der Waals surface area contributed by atoms with Gasteiger partial charge in [0.2, 0.25) is 0 Å². The maximum atomic E-state index is 11.7. The summed E-state index contributed by atoms with van der Waals surface area (Å²) in [5, 5.41) is 19.8. The van der Waals surface area contributed by atoms with Crippen LogP contribution in [-0.4, -0.2) is 43.3 Å². The monoisotopic (exact) mass is 487 g/mol. The van der Waals surface area contributed by atoms with Gasteiger partial charge in [-0.25, -0.2) is 10.2 Å². The van der Waals surface area contributed by atoms with Crippen molar-refractivity contribution < 1.29 is 63.8 Å². The molecule has 4 N–H and O–H groups in total. The zero-order chi connectivity index (χ0) is 19.1. The molecule has 12 nitrogen and oxygen atoms in total. The van der Waals surface area contributed by atoms with Gasteiger partial charge in [-0.15, -0.1) is 0 Å². The second-order valence-electron chi connectivity index (χ2n) is 4.84. The molecule has 1 heterocycles. The fourth-order valence-corrected chi connectivity index (χ4v) is 3.65. The number of hydrogen-bond donors (Lipinski definition) is 4. The SMILES string of the molecule is O=S(=O)(O)c1cc(NN=C2N=[C-]N=N2)c(O)c2c(S(=O)(=O)O)cccc12.[Y]. The summed E-state index contributed by atoms with van der Waals surface area (Å²) in [6, 6.07) is 4.05. The van der Waals surface area contributed by atoms with Gasteiger partial charge in [-0.2, -0.15) is 16.8 Å². The van der Waals surface area contributed by atoms with Crippen LogP contribution in [0.4, 0.5) is 5.69 Å². The van der Waals surface area contributed by atoms with Gasteiger partial charge in [0.1, 0.15) is 21.5 Å². The molecular formula is C12H8N5O7S2Y-. The zero-order valence-electron chi connectivity index (χ0n) is 13.0. The number of azo groups is 1. The molecule has 0 fully saturated rings. The Balaban J connectivity index is 0.00000261. The summed E-state index contributed by atoms with van der Waals surface area (Å²) < 4.78 is 65.3. The van der Waals surface area contributed by atoms with Crippen molar-refractivity contribution in [2.45, 2.75) is 9.79 Å². The average Bonchev–Trinajstić information content (AvgIpc) is 3.05. The van der Waals surface area contributed by atoms with Crippen molar-refractivity contribution in [3.05, 3.63) is 24.3 Å². The average molecular weight is 487 g/mol. The van der Waals surface area contributed by atoms with Gasteiger partial charge >= 0.3 is 0 Å². The molecule has 0 atom stereocenters. The number of aromatic hydroxyl groups is 1. The van der Waals surface area contributed by atoms with Crippen LogP contribution in [0.25, 0.3) is 10.8 Å². The number of nitrogens with one attached hydrogen (secondary N) is 1. The first-order chi connectivity index (χ1) is 12.1. The molecule has 0 unspecified atom stereocenters. The van der Waals surface area contributed by atoms with Crippen LogP contribution in [0.3, 0.4) is 0 Å². The first kappa shape index (κ1) is 21.5. The minimum atomic E-state index is -4.82. The van der Waals surface area contributed by atoms with Gasteiger partial charge in [-0.3, -0.25) is 19.6 Å². The van der Waals surface area contributed by atoms with Crippen molar-refractivity contribution in [3.8, 4) is 5.75 Å². The van der Waals surface area contributed by atoms with E-state index in [9.17, 15) is 31.0 Å². The summed E-state index contributed by atoms with van der Waals surface area (Å²) in [5.41, 5.74) is 1.84. The van der Waals surface area contributed by atoms with Crippen molar-refractivity contribution in [1.82, 2.24) is 0 Å². The first-order valence-corrected chi connectivity index (χ1v) is 9.41. The number of guanidine groups is 1. The third-order valence-corrected chi connectivity index (χ3v) is 5.01. The number of phenols is 1. The van der Waals surface area contributed by atoms with Gasteiger partial charge in [0.25, 0.3) is 20.2 Å². The molecule has 27 heavy (non-hydrogen) atoms. The van der Waals surface area contributed by atoms with Crippen LogP contribution in [0.2, 0.25) is 0 Å². The molecule has 1 aliphatic rings. The summed E-state index contributed by atoms with van der Waals surface area (Å²) in [6.07, 6.45) is 2.12. The van der Waals surface area contributed by atoms with E-state index in [2.05, 4.69) is 32.1 Å². The second kappa shape index (κ2) is 7.65. The quantitative estimate of drug-likeness (QED) is 0.213. The Labute approximate surface area is 177 Å². The Hall–Kier alpha value is -1.84. The first-order valence-electron chi connectivity index (χ1n) is 6.53.